The Kier molecular flexibility index (Phi) is 3.43. The van der Waals surface area contributed by atoms with E-state index in [4.69, 9.17) is 14.5 Å². The lowest BCUT2D eigenvalue weighted by atomic mass is 10.1. The van der Waals surface area contributed by atoms with Crippen LogP contribution in [0.25, 0.3) is 0 Å². The Hall–Kier alpha value is -1.85. The van der Waals surface area contributed by atoms with E-state index < -0.39 is 0 Å². The van der Waals surface area contributed by atoms with Crippen molar-refractivity contribution in [2.24, 2.45) is 5.16 Å². The maximum atomic E-state index is 11.2. The van der Waals surface area contributed by atoms with Gasteiger partial charge in [-0.05, 0) is 19.0 Å². The lowest BCUT2D eigenvalue weighted by Gasteiger charge is -2.03. The fourth-order valence-electron chi connectivity index (χ4n) is 1.15. The standard InChI is InChI=1S/C9H12N2O4/c1-4-14-9(10-13)7-5(2)11-15-8(7)6(3)12/h13H,4H2,1-3H3. The van der Waals surface area contributed by atoms with Crippen LogP contribution in [-0.2, 0) is 4.74 Å². The Bertz CT molecular complexity index is 395. The van der Waals surface area contributed by atoms with E-state index in [-0.39, 0.29) is 17.4 Å². The molecule has 0 aromatic carbocycles. The normalized spacial score (nSPS) is 11.5. The van der Waals surface area contributed by atoms with Gasteiger partial charge in [0.05, 0.1) is 12.3 Å². The summed E-state index contributed by atoms with van der Waals surface area (Å²) in [6.07, 6.45) is 0. The van der Waals surface area contributed by atoms with Crippen molar-refractivity contribution in [3.63, 3.8) is 0 Å². The molecule has 1 heterocycles. The first-order valence-corrected chi connectivity index (χ1v) is 4.44. The predicted octanol–water partition coefficient (Wildman–Crippen LogP) is 1.36. The molecule has 1 N–H and O–H groups in total. The van der Waals surface area contributed by atoms with Crippen molar-refractivity contribution < 1.29 is 19.3 Å². The van der Waals surface area contributed by atoms with E-state index in [2.05, 4.69) is 10.3 Å². The van der Waals surface area contributed by atoms with Crippen LogP contribution < -0.4 is 0 Å². The van der Waals surface area contributed by atoms with E-state index in [0.29, 0.717) is 17.9 Å². The van der Waals surface area contributed by atoms with Gasteiger partial charge in [-0.25, -0.2) is 0 Å². The molecule has 0 saturated carbocycles. The zero-order valence-corrected chi connectivity index (χ0v) is 8.77. The van der Waals surface area contributed by atoms with Crippen LogP contribution in [0.1, 0.15) is 35.7 Å². The largest absolute Gasteiger partial charge is 0.475 e. The summed E-state index contributed by atoms with van der Waals surface area (Å²) in [5.41, 5.74) is 0.744. The van der Waals surface area contributed by atoms with Crippen molar-refractivity contribution in [2.45, 2.75) is 20.8 Å². The highest BCUT2D eigenvalue weighted by atomic mass is 16.5. The molecule has 82 valence electrons. The van der Waals surface area contributed by atoms with Crippen molar-refractivity contribution in [1.29, 1.82) is 0 Å². The van der Waals surface area contributed by atoms with Crippen molar-refractivity contribution >= 4 is 11.7 Å². The average Bonchev–Trinajstić information content (AvgIpc) is 2.57. The molecule has 1 aromatic rings. The summed E-state index contributed by atoms with van der Waals surface area (Å²) in [6, 6.07) is 0. The van der Waals surface area contributed by atoms with Crippen LogP contribution in [0.3, 0.4) is 0 Å². The highest BCUT2D eigenvalue weighted by Crippen LogP contribution is 2.16. The van der Waals surface area contributed by atoms with Gasteiger partial charge in [0.25, 0.3) is 5.90 Å². The highest BCUT2D eigenvalue weighted by Gasteiger charge is 2.23. The van der Waals surface area contributed by atoms with E-state index in [0.717, 1.165) is 0 Å². The van der Waals surface area contributed by atoms with E-state index in [1.807, 2.05) is 0 Å². The Morgan fingerprint density at radius 3 is 2.80 bits per heavy atom. The van der Waals surface area contributed by atoms with Crippen LogP contribution in [0.5, 0.6) is 0 Å². The Morgan fingerprint density at radius 2 is 2.33 bits per heavy atom. The van der Waals surface area contributed by atoms with Crippen molar-refractivity contribution in [1.82, 2.24) is 5.16 Å². The SMILES string of the molecule is CCOC(=NO)c1c(C)noc1C(C)=O. The first-order chi connectivity index (χ1) is 7.11. The molecule has 6 nitrogen and oxygen atoms in total. The number of hydrogen-bond donors (Lipinski definition) is 1. The minimum atomic E-state index is -0.300. The van der Waals surface area contributed by atoms with Crippen LogP contribution in [-0.4, -0.2) is 28.7 Å². The minimum Gasteiger partial charge on any atom is -0.475 e. The maximum absolute atomic E-state index is 11.2. The molecule has 0 unspecified atom stereocenters. The number of aryl methyl sites for hydroxylation is 1. The number of ether oxygens (including phenoxy) is 1. The highest BCUT2D eigenvalue weighted by molar-refractivity contribution is 6.05. The zero-order chi connectivity index (χ0) is 11.4. The molecule has 0 fully saturated rings. The molecule has 0 aliphatic heterocycles. The quantitative estimate of drug-likeness (QED) is 0.269. The van der Waals surface area contributed by atoms with Gasteiger partial charge in [0.2, 0.25) is 5.76 Å². The van der Waals surface area contributed by atoms with E-state index in [1.165, 1.54) is 6.92 Å². The van der Waals surface area contributed by atoms with Crippen LogP contribution in [0, 0.1) is 6.92 Å². The second kappa shape index (κ2) is 4.59. The molecule has 0 atom stereocenters. The van der Waals surface area contributed by atoms with Gasteiger partial charge < -0.3 is 14.5 Å². The predicted molar refractivity (Wildman–Crippen MR) is 51.2 cm³/mol. The average molecular weight is 212 g/mol. The second-order valence-electron chi connectivity index (χ2n) is 2.87. The van der Waals surface area contributed by atoms with Gasteiger partial charge in [0, 0.05) is 6.92 Å². The Morgan fingerprint density at radius 1 is 1.67 bits per heavy atom. The molecule has 1 aromatic heterocycles. The number of carbonyl (C=O) groups excluding carboxylic acids is 1. The molecular formula is C9H12N2O4. The van der Waals surface area contributed by atoms with Gasteiger partial charge in [-0.15, -0.1) is 0 Å². The van der Waals surface area contributed by atoms with Crippen LogP contribution >= 0.6 is 0 Å². The third kappa shape index (κ3) is 2.15. The number of Topliss-reactive ketones (excluding diaryl/α,β-unsaturated/α-hetero) is 1. The van der Waals surface area contributed by atoms with Crippen LogP contribution in [0.15, 0.2) is 9.68 Å². The molecule has 6 heteroatoms. The monoisotopic (exact) mass is 212 g/mol. The number of rotatable bonds is 3. The summed E-state index contributed by atoms with van der Waals surface area (Å²) in [5, 5.41) is 15.3. The van der Waals surface area contributed by atoms with Gasteiger partial charge in [-0.3, -0.25) is 4.79 Å². The summed E-state index contributed by atoms with van der Waals surface area (Å²) in [6.45, 7) is 5.03. The number of hydrogen-bond acceptors (Lipinski definition) is 6. The summed E-state index contributed by atoms with van der Waals surface area (Å²) < 4.78 is 9.87. The number of oxime groups is 1. The van der Waals surface area contributed by atoms with Gasteiger partial charge in [-0.2, -0.15) is 0 Å². The summed E-state index contributed by atoms with van der Waals surface area (Å²) in [5.74, 6) is -0.318. The first kappa shape index (κ1) is 11.2. The summed E-state index contributed by atoms with van der Waals surface area (Å²) >= 11 is 0. The summed E-state index contributed by atoms with van der Waals surface area (Å²) in [7, 11) is 0. The smallest absolute Gasteiger partial charge is 0.263 e. The van der Waals surface area contributed by atoms with Crippen LogP contribution in [0.2, 0.25) is 0 Å². The van der Waals surface area contributed by atoms with E-state index >= 15 is 0 Å². The number of aromatic nitrogens is 1. The molecule has 0 saturated heterocycles. The Balaban J connectivity index is 3.21. The lowest BCUT2D eigenvalue weighted by molar-refractivity contribution is 0.0977. The molecule has 0 radical (unpaired) electrons. The van der Waals surface area contributed by atoms with Gasteiger partial charge >= 0.3 is 0 Å². The van der Waals surface area contributed by atoms with Crippen molar-refractivity contribution in [3.8, 4) is 0 Å². The second-order valence-corrected chi connectivity index (χ2v) is 2.87. The third-order valence-corrected chi connectivity index (χ3v) is 1.77. The number of nitrogens with zero attached hydrogens (tertiary/aromatic N) is 2. The van der Waals surface area contributed by atoms with Crippen molar-refractivity contribution in [2.75, 3.05) is 6.61 Å². The molecule has 0 aliphatic carbocycles. The van der Waals surface area contributed by atoms with E-state index in [1.54, 1.807) is 13.8 Å². The third-order valence-electron chi connectivity index (χ3n) is 1.77. The Labute approximate surface area is 86.5 Å². The summed E-state index contributed by atoms with van der Waals surface area (Å²) in [4.78, 5) is 11.2. The van der Waals surface area contributed by atoms with Crippen LogP contribution in [0.4, 0.5) is 0 Å². The molecule has 1 rings (SSSR count). The fraction of sp³-hybridized carbons (Fsp3) is 0.444. The molecule has 0 bridgehead atoms. The topological polar surface area (TPSA) is 84.9 Å². The molecule has 15 heavy (non-hydrogen) atoms. The van der Waals surface area contributed by atoms with E-state index in [9.17, 15) is 4.79 Å². The number of carbonyl (C=O) groups is 1. The first-order valence-electron chi connectivity index (χ1n) is 4.44. The van der Waals surface area contributed by atoms with Gasteiger partial charge in [0.15, 0.2) is 5.78 Å². The molecule has 0 aliphatic rings. The zero-order valence-electron chi connectivity index (χ0n) is 8.77. The molecule has 0 spiro atoms. The number of ketones is 1. The molecule has 0 amide bonds. The minimum absolute atomic E-state index is 0.0359. The van der Waals surface area contributed by atoms with Gasteiger partial charge in [0.1, 0.15) is 5.56 Å². The molecular weight excluding hydrogens is 200 g/mol. The van der Waals surface area contributed by atoms with Gasteiger partial charge in [-0.1, -0.05) is 5.16 Å². The fourth-order valence-corrected chi connectivity index (χ4v) is 1.15. The van der Waals surface area contributed by atoms with Crippen molar-refractivity contribution in [3.05, 3.63) is 17.0 Å². The lowest BCUT2D eigenvalue weighted by Crippen LogP contribution is -2.11. The maximum Gasteiger partial charge on any atom is 0.263 e.